The lowest BCUT2D eigenvalue weighted by atomic mass is 10.1. The number of aliphatic hydroxyl groups excluding tert-OH is 1. The highest BCUT2D eigenvalue weighted by atomic mass is 16.4. The van der Waals surface area contributed by atoms with E-state index in [4.69, 9.17) is 0 Å². The minimum atomic E-state index is -0.997. The van der Waals surface area contributed by atoms with Crippen LogP contribution in [0.25, 0.3) is 0 Å². The third-order valence-corrected chi connectivity index (χ3v) is 3.20. The van der Waals surface area contributed by atoms with Gasteiger partial charge in [-0.25, -0.2) is 9.78 Å². The maximum Gasteiger partial charge on any atom is 0.339 e. The molecule has 0 aromatic carbocycles. The number of aryl methyl sites for hydroxylation is 2. The van der Waals surface area contributed by atoms with Crippen molar-refractivity contribution < 1.29 is 15.0 Å². The molecule has 1 saturated carbocycles. The van der Waals surface area contributed by atoms with Crippen LogP contribution in [0.5, 0.6) is 0 Å². The van der Waals surface area contributed by atoms with Crippen molar-refractivity contribution in [3.63, 3.8) is 0 Å². The molecule has 98 valence electrons. The van der Waals surface area contributed by atoms with Crippen molar-refractivity contribution in [2.45, 2.75) is 32.8 Å². The van der Waals surface area contributed by atoms with Crippen LogP contribution in [-0.4, -0.2) is 33.8 Å². The van der Waals surface area contributed by atoms with Gasteiger partial charge < -0.3 is 15.5 Å². The van der Waals surface area contributed by atoms with Crippen molar-refractivity contribution in [1.82, 2.24) is 4.98 Å². The molecule has 0 amide bonds. The van der Waals surface area contributed by atoms with E-state index in [1.165, 1.54) is 0 Å². The maximum atomic E-state index is 11.2. The Balaban J connectivity index is 2.16. The van der Waals surface area contributed by atoms with Crippen LogP contribution in [0.1, 0.15) is 34.5 Å². The van der Waals surface area contributed by atoms with Crippen molar-refractivity contribution in [2.24, 2.45) is 5.92 Å². The Hall–Kier alpha value is -1.62. The molecule has 1 unspecified atom stereocenters. The van der Waals surface area contributed by atoms with E-state index >= 15 is 0 Å². The fraction of sp³-hybridized carbons (Fsp3) is 0.538. The Morgan fingerprint density at radius 2 is 2.22 bits per heavy atom. The van der Waals surface area contributed by atoms with E-state index in [9.17, 15) is 15.0 Å². The topological polar surface area (TPSA) is 82.5 Å². The van der Waals surface area contributed by atoms with Gasteiger partial charge in [0.2, 0.25) is 0 Å². The van der Waals surface area contributed by atoms with Gasteiger partial charge in [0, 0.05) is 12.2 Å². The summed E-state index contributed by atoms with van der Waals surface area (Å²) in [6.45, 7) is 3.92. The van der Waals surface area contributed by atoms with Crippen LogP contribution in [0.2, 0.25) is 0 Å². The van der Waals surface area contributed by atoms with Crippen molar-refractivity contribution in [3.8, 4) is 0 Å². The summed E-state index contributed by atoms with van der Waals surface area (Å²) in [5.74, 6) is -0.292. The Labute approximate surface area is 106 Å². The van der Waals surface area contributed by atoms with Crippen molar-refractivity contribution in [3.05, 3.63) is 22.9 Å². The van der Waals surface area contributed by atoms with Crippen LogP contribution in [-0.2, 0) is 0 Å². The fourth-order valence-corrected chi connectivity index (χ4v) is 2.08. The number of pyridine rings is 1. The number of anilines is 1. The van der Waals surface area contributed by atoms with E-state index in [-0.39, 0.29) is 5.56 Å². The minimum Gasteiger partial charge on any atom is -0.478 e. The molecule has 5 nitrogen and oxygen atoms in total. The molecule has 1 heterocycles. The fourth-order valence-electron chi connectivity index (χ4n) is 2.08. The van der Waals surface area contributed by atoms with Gasteiger partial charge in [0.1, 0.15) is 11.4 Å². The van der Waals surface area contributed by atoms with Gasteiger partial charge in [-0.05, 0) is 44.2 Å². The average Bonchev–Trinajstić information content (AvgIpc) is 3.07. The number of carboxylic acids is 1. The minimum absolute atomic E-state index is 0.184. The average molecular weight is 250 g/mol. The first-order valence-corrected chi connectivity index (χ1v) is 6.12. The van der Waals surface area contributed by atoms with Crippen LogP contribution in [0.4, 0.5) is 5.82 Å². The molecule has 1 aromatic rings. The van der Waals surface area contributed by atoms with Crippen molar-refractivity contribution >= 4 is 11.8 Å². The summed E-state index contributed by atoms with van der Waals surface area (Å²) in [5, 5.41) is 21.9. The lowest BCUT2D eigenvalue weighted by Crippen LogP contribution is -2.23. The quantitative estimate of drug-likeness (QED) is 0.739. The molecule has 1 aromatic heterocycles. The lowest BCUT2D eigenvalue weighted by Gasteiger charge is -2.14. The second-order valence-corrected chi connectivity index (χ2v) is 4.89. The highest BCUT2D eigenvalue weighted by molar-refractivity contribution is 5.94. The number of nitrogens with one attached hydrogen (secondary N) is 1. The van der Waals surface area contributed by atoms with E-state index in [0.717, 1.165) is 18.5 Å². The van der Waals surface area contributed by atoms with E-state index in [1.54, 1.807) is 13.0 Å². The molecule has 1 atom stereocenters. The van der Waals surface area contributed by atoms with Gasteiger partial charge in [0.25, 0.3) is 0 Å². The molecular weight excluding hydrogens is 232 g/mol. The predicted molar refractivity (Wildman–Crippen MR) is 67.9 cm³/mol. The first-order chi connectivity index (χ1) is 8.49. The van der Waals surface area contributed by atoms with Crippen molar-refractivity contribution in [2.75, 3.05) is 11.9 Å². The zero-order valence-corrected chi connectivity index (χ0v) is 10.6. The Morgan fingerprint density at radius 1 is 1.56 bits per heavy atom. The zero-order valence-electron chi connectivity index (χ0n) is 10.6. The van der Waals surface area contributed by atoms with Gasteiger partial charge >= 0.3 is 5.97 Å². The van der Waals surface area contributed by atoms with Gasteiger partial charge in [-0.1, -0.05) is 0 Å². The summed E-state index contributed by atoms with van der Waals surface area (Å²) < 4.78 is 0. The number of rotatable bonds is 5. The summed E-state index contributed by atoms with van der Waals surface area (Å²) in [6.07, 6.45) is 1.68. The molecule has 0 aliphatic heterocycles. The van der Waals surface area contributed by atoms with Gasteiger partial charge in [0.15, 0.2) is 0 Å². The molecule has 0 radical (unpaired) electrons. The third-order valence-electron chi connectivity index (χ3n) is 3.20. The summed E-state index contributed by atoms with van der Waals surface area (Å²) in [7, 11) is 0. The largest absolute Gasteiger partial charge is 0.478 e. The number of aromatic carboxylic acids is 1. The molecule has 1 fully saturated rings. The van der Waals surface area contributed by atoms with Gasteiger partial charge in [0.05, 0.1) is 6.10 Å². The second kappa shape index (κ2) is 4.94. The highest BCUT2D eigenvalue weighted by Gasteiger charge is 2.29. The number of hydrogen-bond donors (Lipinski definition) is 3. The van der Waals surface area contributed by atoms with E-state index in [1.807, 2.05) is 6.92 Å². The third kappa shape index (κ3) is 2.79. The van der Waals surface area contributed by atoms with Gasteiger partial charge in [-0.2, -0.15) is 0 Å². The van der Waals surface area contributed by atoms with Crippen LogP contribution >= 0.6 is 0 Å². The molecule has 1 aliphatic carbocycles. The second-order valence-electron chi connectivity index (χ2n) is 4.89. The van der Waals surface area contributed by atoms with Crippen LogP contribution in [0.15, 0.2) is 6.07 Å². The summed E-state index contributed by atoms with van der Waals surface area (Å²) in [4.78, 5) is 15.4. The molecular formula is C13H18N2O3. The SMILES string of the molecule is Cc1cc(C)c(C(=O)O)c(NCC(O)C2CC2)n1. The molecule has 18 heavy (non-hydrogen) atoms. The summed E-state index contributed by atoms with van der Waals surface area (Å²) in [6, 6.07) is 1.74. The number of hydrogen-bond acceptors (Lipinski definition) is 4. The Kier molecular flexibility index (Phi) is 3.52. The molecule has 2 rings (SSSR count). The number of aromatic nitrogens is 1. The first kappa shape index (κ1) is 12.8. The number of carbonyl (C=O) groups is 1. The lowest BCUT2D eigenvalue weighted by molar-refractivity contribution is 0.0696. The molecule has 3 N–H and O–H groups in total. The van der Waals surface area contributed by atoms with Crippen LogP contribution in [0.3, 0.4) is 0 Å². The number of aliphatic hydroxyl groups is 1. The Morgan fingerprint density at radius 3 is 2.78 bits per heavy atom. The first-order valence-electron chi connectivity index (χ1n) is 6.12. The van der Waals surface area contributed by atoms with E-state index in [0.29, 0.717) is 23.8 Å². The number of nitrogens with zero attached hydrogens (tertiary/aromatic N) is 1. The molecule has 0 saturated heterocycles. The monoisotopic (exact) mass is 250 g/mol. The summed E-state index contributed by atoms with van der Waals surface area (Å²) in [5.41, 5.74) is 1.63. The zero-order chi connectivity index (χ0) is 13.3. The highest BCUT2D eigenvalue weighted by Crippen LogP contribution is 2.32. The standard InChI is InChI=1S/C13H18N2O3/c1-7-5-8(2)15-12(11(7)13(17)18)14-6-10(16)9-3-4-9/h5,9-10,16H,3-4,6H2,1-2H3,(H,14,15)(H,17,18). The van der Waals surface area contributed by atoms with Crippen LogP contribution in [0, 0.1) is 19.8 Å². The smallest absolute Gasteiger partial charge is 0.339 e. The molecule has 0 spiro atoms. The van der Waals surface area contributed by atoms with Crippen molar-refractivity contribution in [1.29, 1.82) is 0 Å². The van der Waals surface area contributed by atoms with Crippen LogP contribution < -0.4 is 5.32 Å². The predicted octanol–water partition coefficient (Wildman–Crippen LogP) is 1.58. The number of carboxylic acid groups (broad SMARTS) is 1. The maximum absolute atomic E-state index is 11.2. The molecule has 1 aliphatic rings. The summed E-state index contributed by atoms with van der Waals surface area (Å²) >= 11 is 0. The molecule has 0 bridgehead atoms. The van der Waals surface area contributed by atoms with Gasteiger partial charge in [-0.3, -0.25) is 0 Å². The normalized spacial score (nSPS) is 16.4. The Bertz CT molecular complexity index is 470. The van der Waals surface area contributed by atoms with E-state index in [2.05, 4.69) is 10.3 Å². The molecule has 5 heteroatoms. The van der Waals surface area contributed by atoms with E-state index < -0.39 is 12.1 Å². The van der Waals surface area contributed by atoms with Gasteiger partial charge in [-0.15, -0.1) is 0 Å².